The molecule has 2 heterocycles. The molecule has 11 unspecified atom stereocenters. The number of allylic oxidation sites excluding steroid dienone is 20. The van der Waals surface area contributed by atoms with Gasteiger partial charge in [-0.1, -0.05) is 200 Å². The minimum absolute atomic E-state index is 0.0299. The van der Waals surface area contributed by atoms with Crippen LogP contribution in [0.25, 0.3) is 0 Å². The quantitative estimate of drug-likeness (QED) is 0.0172. The van der Waals surface area contributed by atoms with Crippen LogP contribution in [0.15, 0.2) is 122 Å². The Morgan fingerprint density at radius 1 is 0.420 bits per heavy atom. The van der Waals surface area contributed by atoms with E-state index in [9.17, 15) is 40.5 Å². The lowest BCUT2D eigenvalue weighted by molar-refractivity contribution is -0.332. The first-order valence-corrected chi connectivity index (χ1v) is 31.1. The van der Waals surface area contributed by atoms with Gasteiger partial charge in [0, 0.05) is 13.0 Å². The third kappa shape index (κ3) is 38.1. The summed E-state index contributed by atoms with van der Waals surface area (Å²) in [6, 6.07) is 0. The fraction of sp³-hybridized carbons (Fsp3) is 0.687. The summed E-state index contributed by atoms with van der Waals surface area (Å²) in [6.07, 6.45) is 56.8. The van der Waals surface area contributed by atoms with Crippen LogP contribution in [-0.4, -0.2) is 142 Å². The largest absolute Gasteiger partial charge is 0.457 e. The Bertz CT molecular complexity index is 1800. The van der Waals surface area contributed by atoms with E-state index >= 15 is 0 Å². The van der Waals surface area contributed by atoms with Crippen molar-refractivity contribution in [2.45, 2.75) is 261 Å². The van der Waals surface area contributed by atoms with Crippen molar-refractivity contribution in [2.75, 3.05) is 33.0 Å². The van der Waals surface area contributed by atoms with Crippen molar-refractivity contribution in [1.82, 2.24) is 0 Å². The molecule has 14 nitrogen and oxygen atoms in total. The van der Waals surface area contributed by atoms with Gasteiger partial charge in [0.15, 0.2) is 12.6 Å². The van der Waals surface area contributed by atoms with E-state index in [1.807, 2.05) is 0 Å². The fourth-order valence-corrected chi connectivity index (χ4v) is 8.98. The zero-order valence-corrected chi connectivity index (χ0v) is 49.7. The molecule has 0 aliphatic carbocycles. The molecule has 2 fully saturated rings. The van der Waals surface area contributed by atoms with E-state index < -0.39 is 86.7 Å². The summed E-state index contributed by atoms with van der Waals surface area (Å²) >= 11 is 0. The number of carbonyl (C=O) groups is 1. The second-order valence-corrected chi connectivity index (χ2v) is 21.1. The molecule has 2 aliphatic rings. The summed E-state index contributed by atoms with van der Waals surface area (Å²) in [7, 11) is 0. The van der Waals surface area contributed by atoms with Crippen LogP contribution in [0.4, 0.5) is 0 Å². The SMILES string of the molecule is CC/C=C\C/C=C\C/C=C\C/C=C\C/C=C\C/C=C\C/C=C\CCCCCCOCC(COC1OC(COC2OC(CO)C(O)C(O)C2O)C(O)C(O)C1O)OC(=O)CCCCCCCC/C=C\C/C=C\C/C=C\CCCCCCC. The molecule has 81 heavy (non-hydrogen) atoms. The van der Waals surface area contributed by atoms with E-state index in [4.69, 9.17) is 28.4 Å². The maximum absolute atomic E-state index is 13.1. The highest BCUT2D eigenvalue weighted by molar-refractivity contribution is 5.69. The lowest BCUT2D eigenvalue weighted by Gasteiger charge is -2.42. The minimum Gasteiger partial charge on any atom is -0.457 e. The normalized spacial score (nSPS) is 24.6. The van der Waals surface area contributed by atoms with Crippen LogP contribution >= 0.6 is 0 Å². The number of rotatable bonds is 49. The van der Waals surface area contributed by atoms with Crippen molar-refractivity contribution in [2.24, 2.45) is 0 Å². The number of carbonyl (C=O) groups excluding carboxylic acids is 1. The van der Waals surface area contributed by atoms with Crippen molar-refractivity contribution in [1.29, 1.82) is 0 Å². The number of ether oxygens (including phenoxy) is 6. The molecule has 0 aromatic rings. The van der Waals surface area contributed by atoms with Crippen LogP contribution in [0.1, 0.15) is 194 Å². The second kappa shape index (κ2) is 52.0. The lowest BCUT2D eigenvalue weighted by Crippen LogP contribution is -2.61. The summed E-state index contributed by atoms with van der Waals surface area (Å²) in [6.45, 7) is 3.47. The molecule has 0 saturated carbocycles. The highest BCUT2D eigenvalue weighted by Crippen LogP contribution is 2.26. The maximum atomic E-state index is 13.1. The molecule has 2 aliphatic heterocycles. The van der Waals surface area contributed by atoms with Crippen LogP contribution < -0.4 is 0 Å². The molecule has 2 rings (SSSR count). The van der Waals surface area contributed by atoms with Crippen LogP contribution in [0.5, 0.6) is 0 Å². The molecule has 7 N–H and O–H groups in total. The minimum atomic E-state index is -1.72. The number of hydrogen-bond donors (Lipinski definition) is 7. The number of esters is 1. The first-order chi connectivity index (χ1) is 39.6. The Hall–Kier alpha value is -3.61. The zero-order valence-electron chi connectivity index (χ0n) is 49.7. The highest BCUT2D eigenvalue weighted by Gasteiger charge is 2.47. The number of aliphatic hydroxyl groups excluding tert-OH is 7. The number of aliphatic hydroxyl groups is 7. The zero-order chi connectivity index (χ0) is 58.6. The van der Waals surface area contributed by atoms with Crippen molar-refractivity contribution in [3.8, 4) is 0 Å². The molecule has 11 atom stereocenters. The summed E-state index contributed by atoms with van der Waals surface area (Å²) in [5, 5.41) is 72.5. The molecule has 14 heteroatoms. The van der Waals surface area contributed by atoms with E-state index in [1.165, 1.54) is 38.5 Å². The van der Waals surface area contributed by atoms with E-state index in [0.29, 0.717) is 13.0 Å². The van der Waals surface area contributed by atoms with Gasteiger partial charge in [-0.3, -0.25) is 4.79 Å². The van der Waals surface area contributed by atoms with Crippen molar-refractivity contribution in [3.63, 3.8) is 0 Å². The summed E-state index contributed by atoms with van der Waals surface area (Å²) in [5.74, 6) is -0.402. The molecular formula is C67H110O14. The van der Waals surface area contributed by atoms with Gasteiger partial charge >= 0.3 is 5.97 Å². The predicted octanol–water partition coefficient (Wildman–Crippen LogP) is 12.1. The van der Waals surface area contributed by atoms with Crippen molar-refractivity contribution in [3.05, 3.63) is 122 Å². The average molecular weight is 1140 g/mol. The molecule has 462 valence electrons. The Labute approximate surface area is 488 Å². The molecule has 0 aromatic heterocycles. The Morgan fingerprint density at radius 2 is 0.802 bits per heavy atom. The van der Waals surface area contributed by atoms with Crippen LogP contribution in [-0.2, 0) is 33.2 Å². The maximum Gasteiger partial charge on any atom is 0.306 e. The predicted molar refractivity (Wildman–Crippen MR) is 325 cm³/mol. The molecule has 0 spiro atoms. The fourth-order valence-electron chi connectivity index (χ4n) is 8.98. The topological polar surface area (TPSA) is 214 Å². The molecule has 0 amide bonds. The van der Waals surface area contributed by atoms with Crippen molar-refractivity contribution < 1.29 is 69.0 Å². The van der Waals surface area contributed by atoms with E-state index in [-0.39, 0.29) is 19.6 Å². The van der Waals surface area contributed by atoms with Gasteiger partial charge in [0.2, 0.25) is 0 Å². The molecular weight excluding hydrogens is 1030 g/mol. The Balaban J connectivity index is 1.73. The van der Waals surface area contributed by atoms with Gasteiger partial charge < -0.3 is 64.2 Å². The highest BCUT2D eigenvalue weighted by atomic mass is 16.7. The van der Waals surface area contributed by atoms with Crippen molar-refractivity contribution >= 4 is 5.97 Å². The summed E-state index contributed by atoms with van der Waals surface area (Å²) < 4.78 is 34.4. The van der Waals surface area contributed by atoms with Crippen LogP contribution in [0.2, 0.25) is 0 Å². The molecule has 0 aromatic carbocycles. The monoisotopic (exact) mass is 1140 g/mol. The third-order valence-corrected chi connectivity index (χ3v) is 14.0. The van der Waals surface area contributed by atoms with E-state index in [1.54, 1.807) is 0 Å². The van der Waals surface area contributed by atoms with Gasteiger partial charge in [-0.25, -0.2) is 0 Å². The number of unbranched alkanes of at least 4 members (excludes halogenated alkanes) is 15. The van der Waals surface area contributed by atoms with Crippen LogP contribution in [0.3, 0.4) is 0 Å². The first kappa shape index (κ1) is 73.5. The van der Waals surface area contributed by atoms with Gasteiger partial charge in [0.05, 0.1) is 26.4 Å². The second-order valence-electron chi connectivity index (χ2n) is 21.1. The van der Waals surface area contributed by atoms with E-state index in [0.717, 1.165) is 128 Å². The van der Waals surface area contributed by atoms with Gasteiger partial charge in [0.1, 0.15) is 54.9 Å². The first-order valence-electron chi connectivity index (χ1n) is 31.1. The van der Waals surface area contributed by atoms with Gasteiger partial charge in [-0.15, -0.1) is 0 Å². The lowest BCUT2D eigenvalue weighted by atomic mass is 9.98. The standard InChI is InChI=1S/C67H110O14/c1-3-5-7-9-11-13-15-17-19-21-23-25-26-27-28-29-31-33-35-37-39-41-43-45-47-49-51-76-53-56(54-77-66-65(75)63(73)61(71)58(81-66)55-78-67-64(74)62(72)60(70)57(52-68)80-67)79-59(69)50-48-46-44-42-40-38-36-34-32-30-24-22-20-18-16-14-12-10-8-6-4-2/h5,7,11,13,16-19,22-25,27-28,31-34,37,39,56-58,60-68,70-75H,3-4,6,8-10,12,14-15,20-21,26,29-30,35-36,38,40-55H2,1-2H3/b7-5-,13-11-,18-16-,19-17-,24-22-,25-23-,28-27-,33-31-,34-32-,39-37-. The smallest absolute Gasteiger partial charge is 0.306 e. The molecule has 2 saturated heterocycles. The summed E-state index contributed by atoms with van der Waals surface area (Å²) in [4.78, 5) is 13.1. The molecule has 0 bridgehead atoms. The summed E-state index contributed by atoms with van der Waals surface area (Å²) in [5.41, 5.74) is 0. The van der Waals surface area contributed by atoms with Crippen LogP contribution in [0, 0.1) is 0 Å². The van der Waals surface area contributed by atoms with Gasteiger partial charge in [-0.2, -0.15) is 0 Å². The average Bonchev–Trinajstić information content (AvgIpc) is 3.60. The van der Waals surface area contributed by atoms with E-state index in [2.05, 4.69) is 135 Å². The molecule has 0 radical (unpaired) electrons. The third-order valence-electron chi connectivity index (χ3n) is 14.0. The van der Waals surface area contributed by atoms with Gasteiger partial charge in [0.25, 0.3) is 0 Å². The number of hydrogen-bond acceptors (Lipinski definition) is 14. The van der Waals surface area contributed by atoms with Gasteiger partial charge in [-0.05, 0) is 109 Å². The Morgan fingerprint density at radius 3 is 1.26 bits per heavy atom. The Kier molecular flexibility index (Phi) is 47.2.